The van der Waals surface area contributed by atoms with Gasteiger partial charge in [-0.05, 0) is 30.6 Å². The lowest BCUT2D eigenvalue weighted by Crippen LogP contribution is -2.52. The third-order valence-electron chi connectivity index (χ3n) is 4.52. The second-order valence-electron chi connectivity index (χ2n) is 7.13. The Kier molecular flexibility index (Phi) is 4.83. The van der Waals surface area contributed by atoms with Gasteiger partial charge in [0.15, 0.2) is 0 Å². The fraction of sp³-hybridized carbons (Fsp3) is 0.933. The summed E-state index contributed by atoms with van der Waals surface area (Å²) in [7, 11) is 0. The lowest BCUT2D eigenvalue weighted by atomic mass is 9.70. The summed E-state index contributed by atoms with van der Waals surface area (Å²) in [4.78, 5) is 13.6. The van der Waals surface area contributed by atoms with E-state index in [-0.39, 0.29) is 6.04 Å². The van der Waals surface area contributed by atoms with Crippen LogP contribution < -0.4 is 0 Å². The van der Waals surface area contributed by atoms with Crippen molar-refractivity contribution >= 4 is 17.7 Å². The van der Waals surface area contributed by atoms with Crippen LogP contribution in [0.3, 0.4) is 0 Å². The Morgan fingerprint density at radius 2 is 2.16 bits per heavy atom. The average molecular weight is 285 g/mol. The molecular weight excluding hydrogens is 258 g/mol. The largest absolute Gasteiger partial charge is 0.481 e. The Hall–Kier alpha value is -0.220. The van der Waals surface area contributed by atoms with Gasteiger partial charge in [-0.25, -0.2) is 0 Å². The van der Waals surface area contributed by atoms with E-state index in [2.05, 4.69) is 25.7 Å². The van der Waals surface area contributed by atoms with Gasteiger partial charge in [0.2, 0.25) is 0 Å². The predicted octanol–water partition coefficient (Wildman–Crippen LogP) is 3.09. The molecule has 2 fully saturated rings. The topological polar surface area (TPSA) is 40.5 Å². The second kappa shape index (κ2) is 6.04. The Labute approximate surface area is 121 Å². The summed E-state index contributed by atoms with van der Waals surface area (Å²) < 4.78 is 0. The Morgan fingerprint density at radius 3 is 2.79 bits per heavy atom. The number of aliphatic carboxylic acids is 1. The van der Waals surface area contributed by atoms with E-state index in [1.807, 2.05) is 11.8 Å². The molecule has 0 aromatic rings. The summed E-state index contributed by atoms with van der Waals surface area (Å²) in [5.41, 5.74) is 0.403. The number of carboxylic acid groups (broad SMARTS) is 1. The normalized spacial score (nSPS) is 36.1. The van der Waals surface area contributed by atoms with Gasteiger partial charge in [-0.15, -0.1) is 0 Å². The van der Waals surface area contributed by atoms with Gasteiger partial charge in [-0.3, -0.25) is 9.69 Å². The van der Waals surface area contributed by atoms with Crippen LogP contribution in [0.5, 0.6) is 0 Å². The summed E-state index contributed by atoms with van der Waals surface area (Å²) in [6.45, 7) is 8.13. The zero-order chi connectivity index (χ0) is 14.0. The van der Waals surface area contributed by atoms with Crippen molar-refractivity contribution < 1.29 is 9.90 Å². The van der Waals surface area contributed by atoms with E-state index in [0.717, 1.165) is 24.0 Å². The van der Waals surface area contributed by atoms with Gasteiger partial charge in [-0.1, -0.05) is 20.8 Å². The average Bonchev–Trinajstić information content (AvgIpc) is 2.26. The molecule has 3 unspecified atom stereocenters. The molecule has 2 aliphatic rings. The minimum Gasteiger partial charge on any atom is -0.481 e. The third-order valence-corrected chi connectivity index (χ3v) is 5.61. The van der Waals surface area contributed by atoms with Crippen LogP contribution in [0.2, 0.25) is 0 Å². The highest BCUT2D eigenvalue weighted by molar-refractivity contribution is 7.99. The van der Waals surface area contributed by atoms with Crippen molar-refractivity contribution in [1.29, 1.82) is 0 Å². The molecule has 1 aliphatic heterocycles. The highest BCUT2D eigenvalue weighted by atomic mass is 32.2. The molecule has 3 nitrogen and oxygen atoms in total. The van der Waals surface area contributed by atoms with Crippen molar-refractivity contribution in [2.75, 3.05) is 18.1 Å². The molecule has 3 atom stereocenters. The number of rotatable bonds is 3. The molecule has 4 heteroatoms. The molecule has 1 saturated heterocycles. The zero-order valence-electron chi connectivity index (χ0n) is 12.4. The minimum absolute atomic E-state index is 0.238. The Morgan fingerprint density at radius 1 is 1.42 bits per heavy atom. The summed E-state index contributed by atoms with van der Waals surface area (Å²) in [6, 6.07) is 0.825. The van der Waals surface area contributed by atoms with Gasteiger partial charge in [0.1, 0.15) is 0 Å². The number of carbonyl (C=O) groups is 1. The maximum atomic E-state index is 11.1. The lowest BCUT2D eigenvalue weighted by molar-refractivity contribution is -0.138. The standard InChI is InChI=1S/C15H27NO2S/c1-11-6-12(9-15(2,3)8-11)16-4-5-19-10-13(16)7-14(17)18/h11-13H,4-10H2,1-3H3,(H,17,18). The maximum Gasteiger partial charge on any atom is 0.304 e. The van der Waals surface area contributed by atoms with E-state index in [1.165, 1.54) is 19.3 Å². The van der Waals surface area contributed by atoms with Crippen molar-refractivity contribution in [2.45, 2.75) is 58.5 Å². The van der Waals surface area contributed by atoms with Gasteiger partial charge in [0, 0.05) is 30.1 Å². The quantitative estimate of drug-likeness (QED) is 0.865. The third kappa shape index (κ3) is 4.12. The molecular formula is C15H27NO2S. The summed E-state index contributed by atoms with van der Waals surface area (Å²) in [5, 5.41) is 9.10. The SMILES string of the molecule is CC1CC(N2CCSCC2CC(=O)O)CC(C)(C)C1. The van der Waals surface area contributed by atoms with Crippen molar-refractivity contribution in [3.05, 3.63) is 0 Å². The van der Waals surface area contributed by atoms with Crippen LogP contribution >= 0.6 is 11.8 Å². The summed E-state index contributed by atoms with van der Waals surface area (Å²) in [5.74, 6) is 2.24. The highest BCUT2D eigenvalue weighted by Crippen LogP contribution is 2.41. The van der Waals surface area contributed by atoms with Gasteiger partial charge in [0.05, 0.1) is 6.42 Å². The first kappa shape index (κ1) is 15.2. The Balaban J connectivity index is 2.06. The molecule has 19 heavy (non-hydrogen) atoms. The monoisotopic (exact) mass is 285 g/mol. The predicted molar refractivity (Wildman–Crippen MR) is 80.7 cm³/mol. The summed E-state index contributed by atoms with van der Waals surface area (Å²) >= 11 is 1.91. The van der Waals surface area contributed by atoms with Crippen LogP contribution in [0.1, 0.15) is 46.5 Å². The van der Waals surface area contributed by atoms with Crippen molar-refractivity contribution in [2.24, 2.45) is 11.3 Å². The van der Waals surface area contributed by atoms with Gasteiger partial charge < -0.3 is 5.11 Å². The van der Waals surface area contributed by atoms with Crippen LogP contribution in [0.25, 0.3) is 0 Å². The van der Waals surface area contributed by atoms with E-state index < -0.39 is 5.97 Å². The van der Waals surface area contributed by atoms with E-state index in [9.17, 15) is 4.79 Å². The second-order valence-corrected chi connectivity index (χ2v) is 8.28. The van der Waals surface area contributed by atoms with Gasteiger partial charge in [0.25, 0.3) is 0 Å². The first-order valence-electron chi connectivity index (χ1n) is 7.43. The first-order chi connectivity index (χ1) is 8.87. The lowest BCUT2D eigenvalue weighted by Gasteiger charge is -2.48. The van der Waals surface area contributed by atoms with E-state index >= 15 is 0 Å². The number of hydrogen-bond donors (Lipinski definition) is 1. The van der Waals surface area contributed by atoms with E-state index in [4.69, 9.17) is 5.11 Å². The zero-order valence-corrected chi connectivity index (χ0v) is 13.2. The highest BCUT2D eigenvalue weighted by Gasteiger charge is 2.38. The van der Waals surface area contributed by atoms with Crippen molar-refractivity contribution in [1.82, 2.24) is 4.90 Å². The molecule has 1 aliphatic carbocycles. The number of thioether (sulfide) groups is 1. The number of nitrogens with zero attached hydrogens (tertiary/aromatic N) is 1. The molecule has 0 spiro atoms. The first-order valence-corrected chi connectivity index (χ1v) is 8.58. The molecule has 0 aromatic heterocycles. The van der Waals surface area contributed by atoms with Crippen LogP contribution in [-0.4, -0.2) is 46.1 Å². The van der Waals surface area contributed by atoms with Crippen LogP contribution in [-0.2, 0) is 4.79 Å². The fourth-order valence-electron chi connectivity index (χ4n) is 4.07. The van der Waals surface area contributed by atoms with E-state index in [1.54, 1.807) is 0 Å². The van der Waals surface area contributed by atoms with Crippen LogP contribution in [0.15, 0.2) is 0 Å². The minimum atomic E-state index is -0.652. The van der Waals surface area contributed by atoms with E-state index in [0.29, 0.717) is 17.9 Å². The molecule has 0 aromatic carbocycles. The number of hydrogen-bond acceptors (Lipinski definition) is 3. The van der Waals surface area contributed by atoms with Crippen molar-refractivity contribution in [3.8, 4) is 0 Å². The van der Waals surface area contributed by atoms with Crippen LogP contribution in [0, 0.1) is 11.3 Å². The number of carboxylic acids is 1. The smallest absolute Gasteiger partial charge is 0.304 e. The molecule has 110 valence electrons. The molecule has 1 N–H and O–H groups in total. The molecule has 1 saturated carbocycles. The van der Waals surface area contributed by atoms with Gasteiger partial charge >= 0.3 is 5.97 Å². The molecule has 0 amide bonds. The Bertz CT molecular complexity index is 332. The van der Waals surface area contributed by atoms with Gasteiger partial charge in [-0.2, -0.15) is 11.8 Å². The molecule has 2 rings (SSSR count). The molecule has 0 bridgehead atoms. The maximum absolute atomic E-state index is 11.1. The van der Waals surface area contributed by atoms with Crippen molar-refractivity contribution in [3.63, 3.8) is 0 Å². The van der Waals surface area contributed by atoms with Crippen LogP contribution in [0.4, 0.5) is 0 Å². The fourth-order valence-corrected chi connectivity index (χ4v) is 5.16. The molecule has 1 heterocycles. The summed E-state index contributed by atoms with van der Waals surface area (Å²) in [6.07, 6.45) is 4.07. The molecule has 0 radical (unpaired) electrons.